The van der Waals surface area contributed by atoms with Crippen molar-refractivity contribution in [1.82, 2.24) is 20.6 Å². The molecule has 0 aliphatic heterocycles. The topological polar surface area (TPSA) is 206 Å². The van der Waals surface area contributed by atoms with E-state index in [9.17, 15) is 14.4 Å². The number of carbonyl (C=O) groups is 3. The lowest BCUT2D eigenvalue weighted by Gasteiger charge is -2.24. The number of nitrogens with zero attached hydrogens (tertiary/aromatic N) is 1. The molecule has 12 nitrogen and oxygen atoms in total. The molecule has 2 heterocycles. The van der Waals surface area contributed by atoms with Gasteiger partial charge in [0.25, 0.3) is 0 Å². The van der Waals surface area contributed by atoms with E-state index in [1.807, 2.05) is 91.3 Å². The molecule has 0 aliphatic carbocycles. The molecule has 244 valence electrons. The SMILES string of the molecule is NC(N)=NCCC[C@H](N)C(=O)N[C@@H](Cc1c[nH]c2ccccc12)C(=O)N[C@@H](Cc1c[nH]c2ccccc12)C(=O)OCc1ccccc1. The fourth-order valence-electron chi connectivity index (χ4n) is 5.47. The van der Waals surface area contributed by atoms with Crippen molar-refractivity contribution in [3.05, 3.63) is 108 Å². The predicted molar refractivity (Wildman–Crippen MR) is 182 cm³/mol. The summed E-state index contributed by atoms with van der Waals surface area (Å²) in [7, 11) is 0. The molecule has 0 unspecified atom stereocenters. The number of nitrogens with one attached hydrogen (secondary N) is 4. The van der Waals surface area contributed by atoms with Gasteiger partial charge in [-0.3, -0.25) is 14.6 Å². The summed E-state index contributed by atoms with van der Waals surface area (Å²) in [5.74, 6) is -1.68. The van der Waals surface area contributed by atoms with E-state index in [1.165, 1.54) is 0 Å². The number of benzene rings is 3. The number of para-hydroxylation sites is 2. The van der Waals surface area contributed by atoms with Gasteiger partial charge in [-0.15, -0.1) is 0 Å². The number of carbonyl (C=O) groups excluding carboxylic acids is 3. The van der Waals surface area contributed by atoms with Crippen molar-refractivity contribution in [3.8, 4) is 0 Å². The van der Waals surface area contributed by atoms with E-state index in [4.69, 9.17) is 21.9 Å². The van der Waals surface area contributed by atoms with Crippen LogP contribution in [0.2, 0.25) is 0 Å². The summed E-state index contributed by atoms with van der Waals surface area (Å²) in [5.41, 5.74) is 21.2. The van der Waals surface area contributed by atoms with Crippen molar-refractivity contribution in [3.63, 3.8) is 0 Å². The smallest absolute Gasteiger partial charge is 0.329 e. The lowest BCUT2D eigenvalue weighted by atomic mass is 10.0. The number of nitrogens with two attached hydrogens (primary N) is 3. The monoisotopic (exact) mass is 636 g/mol. The maximum atomic E-state index is 14.0. The second kappa shape index (κ2) is 15.6. The average Bonchev–Trinajstić information content (AvgIpc) is 3.69. The number of rotatable bonds is 15. The quantitative estimate of drug-likeness (QED) is 0.0395. The van der Waals surface area contributed by atoms with Gasteiger partial charge in [0, 0.05) is 53.6 Å². The molecule has 0 spiro atoms. The van der Waals surface area contributed by atoms with Crippen LogP contribution in [0.4, 0.5) is 0 Å². The van der Waals surface area contributed by atoms with Gasteiger partial charge in [-0.1, -0.05) is 66.7 Å². The zero-order chi connectivity index (χ0) is 33.2. The number of guanidine groups is 1. The second-order valence-electron chi connectivity index (χ2n) is 11.4. The molecule has 47 heavy (non-hydrogen) atoms. The number of ether oxygens (including phenoxy) is 1. The van der Waals surface area contributed by atoms with E-state index in [0.717, 1.165) is 38.5 Å². The first-order valence-electron chi connectivity index (χ1n) is 15.5. The molecule has 0 bridgehead atoms. The summed E-state index contributed by atoms with van der Waals surface area (Å²) in [6.45, 7) is 0.368. The Labute approximate surface area is 272 Å². The maximum absolute atomic E-state index is 14.0. The Hall–Kier alpha value is -5.62. The standard InChI is InChI=1S/C35H40N8O4/c36-27(13-8-16-39-35(37)38)32(44)42-30(17-23-19-40-28-14-6-4-11-25(23)28)33(45)43-31(34(46)47-21-22-9-2-1-3-10-22)18-24-20-41-29-15-7-5-12-26(24)29/h1-7,9-12,14-15,19-20,27,30-31,40-41H,8,13,16-18,21,36H2,(H,42,44)(H,43,45)(H4,37,38,39)/t27-,30-,31-/m0/s1. The Balaban J connectivity index is 1.37. The van der Waals surface area contributed by atoms with Crippen molar-refractivity contribution in [2.45, 2.75) is 50.4 Å². The van der Waals surface area contributed by atoms with Crippen LogP contribution in [-0.2, 0) is 38.6 Å². The molecule has 12 heteroatoms. The molecule has 3 aromatic carbocycles. The molecule has 10 N–H and O–H groups in total. The number of esters is 1. The van der Waals surface area contributed by atoms with E-state index >= 15 is 0 Å². The van der Waals surface area contributed by atoms with E-state index in [1.54, 1.807) is 0 Å². The minimum Gasteiger partial charge on any atom is -0.459 e. The maximum Gasteiger partial charge on any atom is 0.329 e. The second-order valence-corrected chi connectivity index (χ2v) is 11.4. The fourth-order valence-corrected chi connectivity index (χ4v) is 5.47. The molecule has 0 radical (unpaired) electrons. The van der Waals surface area contributed by atoms with Gasteiger partial charge in [0.2, 0.25) is 11.8 Å². The molecule has 0 aliphatic rings. The normalized spacial score (nSPS) is 13.0. The molecule has 0 saturated heterocycles. The highest BCUT2D eigenvalue weighted by Crippen LogP contribution is 2.21. The highest BCUT2D eigenvalue weighted by molar-refractivity contribution is 5.93. The minimum atomic E-state index is -1.04. The number of aromatic amines is 2. The molecular weight excluding hydrogens is 596 g/mol. The Morgan fingerprint density at radius 1 is 0.745 bits per heavy atom. The summed E-state index contributed by atoms with van der Waals surface area (Å²) in [4.78, 5) is 51.2. The zero-order valence-corrected chi connectivity index (χ0v) is 25.9. The van der Waals surface area contributed by atoms with Gasteiger partial charge >= 0.3 is 5.97 Å². The lowest BCUT2D eigenvalue weighted by Crippen LogP contribution is -2.55. The van der Waals surface area contributed by atoms with Gasteiger partial charge < -0.3 is 42.5 Å². The van der Waals surface area contributed by atoms with Crippen LogP contribution in [0.15, 0.2) is 96.2 Å². The zero-order valence-electron chi connectivity index (χ0n) is 25.9. The highest BCUT2D eigenvalue weighted by Gasteiger charge is 2.30. The Morgan fingerprint density at radius 3 is 1.91 bits per heavy atom. The molecule has 3 atom stereocenters. The van der Waals surface area contributed by atoms with Crippen molar-refractivity contribution in [2.75, 3.05) is 6.54 Å². The van der Waals surface area contributed by atoms with Gasteiger partial charge in [-0.05, 0) is 41.7 Å². The molecule has 2 amide bonds. The first-order chi connectivity index (χ1) is 22.8. The highest BCUT2D eigenvalue weighted by atomic mass is 16.5. The lowest BCUT2D eigenvalue weighted by molar-refractivity contribution is -0.149. The van der Waals surface area contributed by atoms with Crippen LogP contribution >= 0.6 is 0 Å². The predicted octanol–water partition coefficient (Wildman–Crippen LogP) is 2.53. The van der Waals surface area contributed by atoms with Crippen LogP contribution < -0.4 is 27.8 Å². The molecule has 0 saturated carbocycles. The Kier molecular flexibility index (Phi) is 10.9. The number of H-pyrrole nitrogens is 2. The van der Waals surface area contributed by atoms with E-state index in [-0.39, 0.29) is 25.4 Å². The van der Waals surface area contributed by atoms with Crippen LogP contribution in [0, 0.1) is 0 Å². The third-order valence-corrected chi connectivity index (χ3v) is 7.96. The number of amides is 2. The molecule has 5 rings (SSSR count). The van der Waals surface area contributed by atoms with Gasteiger partial charge in [0.15, 0.2) is 5.96 Å². The summed E-state index contributed by atoms with van der Waals surface area (Å²) < 4.78 is 5.68. The van der Waals surface area contributed by atoms with Gasteiger partial charge in [-0.25, -0.2) is 4.79 Å². The third-order valence-electron chi connectivity index (χ3n) is 7.96. The number of fused-ring (bicyclic) bond motifs is 2. The first kappa shape index (κ1) is 32.8. The molecule has 5 aromatic rings. The summed E-state index contributed by atoms with van der Waals surface area (Å²) >= 11 is 0. The molecule has 0 fully saturated rings. The Morgan fingerprint density at radius 2 is 1.30 bits per heavy atom. The van der Waals surface area contributed by atoms with E-state index in [2.05, 4.69) is 25.6 Å². The van der Waals surface area contributed by atoms with Crippen LogP contribution in [-0.4, -0.2) is 58.4 Å². The van der Waals surface area contributed by atoms with Crippen molar-refractivity contribution >= 4 is 45.5 Å². The number of hydrogen-bond donors (Lipinski definition) is 7. The molecular formula is C35H40N8O4. The summed E-state index contributed by atoms with van der Waals surface area (Å²) in [6.07, 6.45) is 4.73. The summed E-state index contributed by atoms with van der Waals surface area (Å²) in [5, 5.41) is 7.56. The van der Waals surface area contributed by atoms with Crippen LogP contribution in [0.5, 0.6) is 0 Å². The van der Waals surface area contributed by atoms with Crippen molar-refractivity contribution < 1.29 is 19.1 Å². The first-order valence-corrected chi connectivity index (χ1v) is 15.5. The average molecular weight is 637 g/mol. The van der Waals surface area contributed by atoms with Crippen LogP contribution in [0.3, 0.4) is 0 Å². The van der Waals surface area contributed by atoms with Crippen LogP contribution in [0.1, 0.15) is 29.5 Å². The van der Waals surface area contributed by atoms with E-state index < -0.39 is 35.9 Å². The number of aliphatic imine (C=N–C) groups is 1. The number of hydrogen-bond acceptors (Lipinski definition) is 6. The van der Waals surface area contributed by atoms with Gasteiger partial charge in [0.1, 0.15) is 18.7 Å². The van der Waals surface area contributed by atoms with E-state index in [0.29, 0.717) is 19.4 Å². The van der Waals surface area contributed by atoms with Crippen LogP contribution in [0.25, 0.3) is 21.8 Å². The summed E-state index contributed by atoms with van der Waals surface area (Å²) in [6, 6.07) is 21.7. The van der Waals surface area contributed by atoms with Gasteiger partial charge in [0.05, 0.1) is 6.04 Å². The van der Waals surface area contributed by atoms with Crippen molar-refractivity contribution in [1.29, 1.82) is 0 Å². The van der Waals surface area contributed by atoms with Gasteiger partial charge in [-0.2, -0.15) is 0 Å². The third kappa shape index (κ3) is 8.76. The minimum absolute atomic E-state index is 0.0389. The fraction of sp³-hybridized carbons (Fsp3) is 0.257. The van der Waals surface area contributed by atoms with Crippen molar-refractivity contribution in [2.24, 2.45) is 22.2 Å². The Bertz CT molecular complexity index is 1840. The number of aromatic nitrogens is 2. The molecule has 2 aromatic heterocycles. The largest absolute Gasteiger partial charge is 0.459 e.